The van der Waals surface area contributed by atoms with Crippen molar-refractivity contribution in [1.29, 1.82) is 0 Å². The molecule has 1 heterocycles. The highest BCUT2D eigenvalue weighted by Gasteiger charge is 2.36. The zero-order valence-corrected chi connectivity index (χ0v) is 20.5. The smallest absolute Gasteiger partial charge is 0.268 e. The first-order chi connectivity index (χ1) is 17.2. The minimum Gasteiger partial charge on any atom is -0.504 e. The van der Waals surface area contributed by atoms with E-state index in [1.165, 1.54) is 0 Å². The number of hydrogen-bond donors (Lipinski definition) is 2. The number of allylic oxidation sites excluding steroid dienone is 1. The summed E-state index contributed by atoms with van der Waals surface area (Å²) in [5.74, 6) is 1.06. The third-order valence-corrected chi connectivity index (χ3v) is 6.75. The van der Waals surface area contributed by atoms with Crippen molar-refractivity contribution in [3.8, 4) is 17.2 Å². The van der Waals surface area contributed by atoms with Crippen LogP contribution in [0.3, 0.4) is 0 Å². The van der Waals surface area contributed by atoms with Crippen LogP contribution in [0.25, 0.3) is 6.08 Å². The van der Waals surface area contributed by atoms with Crippen LogP contribution in [-0.2, 0) is 5.41 Å². The summed E-state index contributed by atoms with van der Waals surface area (Å²) in [5.41, 5.74) is 3.54. The van der Waals surface area contributed by atoms with Crippen molar-refractivity contribution in [3.05, 3.63) is 104 Å². The van der Waals surface area contributed by atoms with Crippen LogP contribution in [0, 0.1) is 0 Å². The van der Waals surface area contributed by atoms with Crippen molar-refractivity contribution >= 4 is 28.8 Å². The van der Waals surface area contributed by atoms with Crippen molar-refractivity contribution in [2.45, 2.75) is 19.3 Å². The summed E-state index contributed by atoms with van der Waals surface area (Å²) in [6.07, 6.45) is 1.57. The molecule has 0 unspecified atom stereocenters. The second-order valence-electron chi connectivity index (χ2n) is 9.19. The molecule has 182 valence electrons. The number of methoxy groups -OCH3 is 2. The average Bonchev–Trinajstić information content (AvgIpc) is 3.16. The predicted octanol–water partition coefficient (Wildman–Crippen LogP) is 5.22. The average molecular weight is 483 g/mol. The van der Waals surface area contributed by atoms with Gasteiger partial charge < -0.3 is 24.8 Å². The Bertz CT molecular complexity index is 1500. The van der Waals surface area contributed by atoms with Crippen LogP contribution in [-0.4, -0.2) is 19.3 Å². The van der Waals surface area contributed by atoms with Crippen LogP contribution in [0.2, 0.25) is 0 Å². The fraction of sp³-hybridized carbons (Fsp3) is 0.172. The van der Waals surface area contributed by atoms with Crippen LogP contribution in [0.5, 0.6) is 17.2 Å². The summed E-state index contributed by atoms with van der Waals surface area (Å²) < 4.78 is 10.7. The topological polar surface area (TPSA) is 88.1 Å². The van der Waals surface area contributed by atoms with Gasteiger partial charge in [0.05, 0.1) is 19.8 Å². The van der Waals surface area contributed by atoms with Gasteiger partial charge in [0.25, 0.3) is 5.43 Å². The van der Waals surface area contributed by atoms with Crippen molar-refractivity contribution in [1.82, 2.24) is 0 Å². The summed E-state index contributed by atoms with van der Waals surface area (Å²) in [4.78, 5) is 25.5. The van der Waals surface area contributed by atoms with E-state index in [0.717, 1.165) is 45.5 Å². The molecule has 0 saturated heterocycles. The highest BCUT2D eigenvalue weighted by Crippen LogP contribution is 2.47. The van der Waals surface area contributed by atoms with Gasteiger partial charge in [-0.25, -0.2) is 0 Å². The van der Waals surface area contributed by atoms with Gasteiger partial charge in [-0.3, -0.25) is 9.59 Å². The number of nitrogens with zero attached hydrogens (tertiary/aromatic N) is 1. The summed E-state index contributed by atoms with van der Waals surface area (Å²) in [5, 5.41) is 13.2. The van der Waals surface area contributed by atoms with E-state index in [1.807, 2.05) is 74.5 Å². The molecule has 0 fully saturated rings. The SMILES string of the molecule is COc1ccc(N(c2ccc(OC)cc2)c2ccc3c(c2)C(C)(C)/C(=C\c2c(O)c(=O)c2=O)N3)cc1. The normalized spacial score (nSPS) is 14.9. The van der Waals surface area contributed by atoms with E-state index >= 15 is 0 Å². The van der Waals surface area contributed by atoms with Gasteiger partial charge >= 0.3 is 0 Å². The summed E-state index contributed by atoms with van der Waals surface area (Å²) >= 11 is 0. The molecule has 0 amide bonds. The lowest BCUT2D eigenvalue weighted by Crippen LogP contribution is -2.33. The van der Waals surface area contributed by atoms with E-state index in [4.69, 9.17) is 9.47 Å². The maximum absolute atomic E-state index is 11.9. The van der Waals surface area contributed by atoms with E-state index in [0.29, 0.717) is 0 Å². The van der Waals surface area contributed by atoms with E-state index in [-0.39, 0.29) is 5.56 Å². The van der Waals surface area contributed by atoms with Gasteiger partial charge in [-0.1, -0.05) is 13.8 Å². The number of fused-ring (bicyclic) bond motifs is 1. The Labute approximate surface area is 208 Å². The molecule has 0 spiro atoms. The molecular formula is C29H26N2O5. The van der Waals surface area contributed by atoms with Crippen molar-refractivity contribution < 1.29 is 14.6 Å². The van der Waals surface area contributed by atoms with E-state index < -0.39 is 22.0 Å². The maximum Gasteiger partial charge on any atom is 0.268 e. The van der Waals surface area contributed by atoms with Crippen molar-refractivity contribution in [2.24, 2.45) is 0 Å². The largest absolute Gasteiger partial charge is 0.504 e. The maximum atomic E-state index is 11.9. The van der Waals surface area contributed by atoms with E-state index in [2.05, 4.69) is 16.3 Å². The minimum absolute atomic E-state index is 0.0432. The quantitative estimate of drug-likeness (QED) is 0.364. The molecule has 36 heavy (non-hydrogen) atoms. The van der Waals surface area contributed by atoms with Gasteiger partial charge in [0.15, 0.2) is 5.75 Å². The molecule has 5 rings (SSSR count). The van der Waals surface area contributed by atoms with Gasteiger partial charge in [-0.2, -0.15) is 0 Å². The number of ether oxygens (including phenoxy) is 2. The predicted molar refractivity (Wildman–Crippen MR) is 142 cm³/mol. The van der Waals surface area contributed by atoms with Crippen LogP contribution in [0.15, 0.2) is 82.0 Å². The molecular weight excluding hydrogens is 456 g/mol. The van der Waals surface area contributed by atoms with E-state index in [9.17, 15) is 14.7 Å². The standard InChI is InChI=1S/C29H26N2O5/c1-29(2)23-15-19(9-14-24(23)30-25(29)16-22-26(32)28(34)27(22)33)31(17-5-10-20(35-3)11-6-17)18-7-12-21(36-4)13-8-18/h5-16,30,32H,1-4H3/b25-16+. The molecule has 2 N–H and O–H groups in total. The summed E-state index contributed by atoms with van der Waals surface area (Å²) in [7, 11) is 3.28. The Hall–Kier alpha value is -4.52. The zero-order valence-electron chi connectivity index (χ0n) is 20.5. The van der Waals surface area contributed by atoms with Gasteiger partial charge in [-0.15, -0.1) is 0 Å². The molecule has 0 atom stereocenters. The molecule has 7 heteroatoms. The fourth-order valence-corrected chi connectivity index (χ4v) is 4.55. The van der Waals surface area contributed by atoms with Crippen LogP contribution < -0.4 is 30.5 Å². The first-order valence-corrected chi connectivity index (χ1v) is 11.5. The Balaban J connectivity index is 1.59. The molecule has 7 nitrogen and oxygen atoms in total. The van der Waals surface area contributed by atoms with Gasteiger partial charge in [0.1, 0.15) is 11.5 Å². The summed E-state index contributed by atoms with van der Waals surface area (Å²) in [6.45, 7) is 4.07. The highest BCUT2D eigenvalue weighted by atomic mass is 16.5. The monoisotopic (exact) mass is 482 g/mol. The van der Waals surface area contributed by atoms with Gasteiger partial charge in [0.2, 0.25) is 5.43 Å². The van der Waals surface area contributed by atoms with Crippen LogP contribution >= 0.6 is 0 Å². The minimum atomic E-state index is -0.841. The Morgan fingerprint density at radius 1 is 0.806 bits per heavy atom. The number of hydrogen-bond acceptors (Lipinski definition) is 7. The molecule has 0 aromatic heterocycles. The highest BCUT2D eigenvalue weighted by molar-refractivity contribution is 5.82. The molecule has 0 aliphatic carbocycles. The number of nitrogens with one attached hydrogen (secondary N) is 1. The second kappa shape index (κ2) is 8.61. The van der Waals surface area contributed by atoms with Crippen LogP contribution in [0.4, 0.5) is 22.7 Å². The molecule has 0 bridgehead atoms. The number of rotatable bonds is 6. The Kier molecular flexibility index (Phi) is 5.55. The molecule has 1 aliphatic heterocycles. The zero-order chi connectivity index (χ0) is 25.6. The van der Waals surface area contributed by atoms with Crippen molar-refractivity contribution in [3.63, 3.8) is 0 Å². The number of benzene rings is 3. The number of anilines is 4. The first kappa shape index (κ1) is 23.2. The Morgan fingerprint density at radius 2 is 1.33 bits per heavy atom. The molecule has 0 radical (unpaired) electrons. The molecule has 0 saturated carbocycles. The lowest BCUT2D eigenvalue weighted by molar-refractivity contribution is 0.415. The third kappa shape index (κ3) is 3.69. The fourth-order valence-electron chi connectivity index (χ4n) is 4.55. The van der Waals surface area contributed by atoms with Gasteiger partial charge in [-0.05, 0) is 78.4 Å². The van der Waals surface area contributed by atoms with E-state index in [1.54, 1.807) is 20.3 Å². The number of aromatic hydroxyl groups is 1. The third-order valence-electron chi connectivity index (χ3n) is 6.75. The first-order valence-electron chi connectivity index (χ1n) is 11.5. The van der Waals surface area contributed by atoms with Gasteiger partial charge in [0, 0.05) is 33.9 Å². The lowest BCUT2D eigenvalue weighted by atomic mass is 9.82. The molecule has 1 aliphatic rings. The second-order valence-corrected chi connectivity index (χ2v) is 9.19. The lowest BCUT2D eigenvalue weighted by Gasteiger charge is -2.27. The van der Waals surface area contributed by atoms with Crippen molar-refractivity contribution in [2.75, 3.05) is 24.4 Å². The van der Waals surface area contributed by atoms with Crippen LogP contribution in [0.1, 0.15) is 25.0 Å². The Morgan fingerprint density at radius 3 is 1.83 bits per heavy atom. The molecule has 4 aromatic carbocycles. The summed E-state index contributed by atoms with van der Waals surface area (Å²) in [6, 6.07) is 21.8. The molecule has 4 aromatic rings.